The maximum absolute atomic E-state index is 12.7. The molecule has 24 heavy (non-hydrogen) atoms. The third kappa shape index (κ3) is 3.06. The maximum Gasteiger partial charge on any atom is 0.341 e. The number of nitrogens with one attached hydrogen (secondary N) is 1. The highest BCUT2D eigenvalue weighted by Gasteiger charge is 2.28. The molecule has 1 heterocycles. The Kier molecular flexibility index (Phi) is 4.91. The number of esters is 1. The number of ether oxygens (including phenoxy) is 2. The first-order valence-electron chi connectivity index (χ1n) is 7.43. The number of thiophene rings is 1. The Balaban J connectivity index is 1.96. The first-order valence-corrected chi connectivity index (χ1v) is 9.03. The average Bonchev–Trinajstić information content (AvgIpc) is 3.14. The van der Waals surface area contributed by atoms with Gasteiger partial charge in [-0.25, -0.2) is 4.79 Å². The van der Waals surface area contributed by atoms with Crippen LogP contribution in [0.5, 0.6) is 5.75 Å². The van der Waals surface area contributed by atoms with E-state index >= 15 is 0 Å². The fraction of sp³-hybridized carbons (Fsp3) is 0.294. The lowest BCUT2D eigenvalue weighted by Crippen LogP contribution is -2.15. The maximum atomic E-state index is 12.7. The first kappa shape index (κ1) is 17.0. The van der Waals surface area contributed by atoms with Gasteiger partial charge in [0, 0.05) is 9.35 Å². The smallest absolute Gasteiger partial charge is 0.341 e. The molecule has 0 bridgehead atoms. The molecule has 1 aliphatic rings. The third-order valence-electron chi connectivity index (χ3n) is 3.94. The van der Waals surface area contributed by atoms with Gasteiger partial charge >= 0.3 is 5.97 Å². The summed E-state index contributed by atoms with van der Waals surface area (Å²) in [4.78, 5) is 26.0. The van der Waals surface area contributed by atoms with Crippen LogP contribution in [0.1, 0.15) is 37.6 Å². The van der Waals surface area contributed by atoms with Gasteiger partial charge in [-0.15, -0.1) is 11.3 Å². The van der Waals surface area contributed by atoms with Crippen LogP contribution in [0.4, 0.5) is 5.00 Å². The second kappa shape index (κ2) is 6.94. The number of amides is 1. The van der Waals surface area contributed by atoms with Gasteiger partial charge in [0.05, 0.1) is 25.3 Å². The van der Waals surface area contributed by atoms with Crippen molar-refractivity contribution in [1.82, 2.24) is 0 Å². The molecular weight excluding hydrogens is 394 g/mol. The standard InChI is InChI=1S/C17H16BrNO4S/c1-22-12-7-6-9(18)8-11(12)15(20)19-16-14(17(21)23-2)10-4-3-5-13(10)24-16/h6-8H,3-5H2,1-2H3,(H,19,20). The number of benzene rings is 1. The fourth-order valence-corrected chi connectivity index (χ4v) is 4.47. The Hall–Kier alpha value is -1.86. The van der Waals surface area contributed by atoms with Crippen LogP contribution in [0.2, 0.25) is 0 Å². The second-order valence-electron chi connectivity index (χ2n) is 5.35. The highest BCUT2D eigenvalue weighted by molar-refractivity contribution is 9.10. The van der Waals surface area contributed by atoms with E-state index < -0.39 is 5.97 Å². The molecule has 0 spiro atoms. The predicted molar refractivity (Wildman–Crippen MR) is 96.3 cm³/mol. The Morgan fingerprint density at radius 3 is 2.75 bits per heavy atom. The number of hydrogen-bond acceptors (Lipinski definition) is 5. The third-order valence-corrected chi connectivity index (χ3v) is 5.64. The molecule has 1 N–H and O–H groups in total. The number of carbonyl (C=O) groups excluding carboxylic acids is 2. The molecule has 1 aromatic carbocycles. The molecule has 2 aromatic rings. The van der Waals surface area contributed by atoms with Crippen LogP contribution < -0.4 is 10.1 Å². The van der Waals surface area contributed by atoms with E-state index in [9.17, 15) is 9.59 Å². The minimum absolute atomic E-state index is 0.321. The topological polar surface area (TPSA) is 64.6 Å². The summed E-state index contributed by atoms with van der Waals surface area (Å²) in [6.07, 6.45) is 2.80. The van der Waals surface area contributed by atoms with Crippen LogP contribution in [0.15, 0.2) is 22.7 Å². The van der Waals surface area contributed by atoms with E-state index in [2.05, 4.69) is 21.2 Å². The highest BCUT2D eigenvalue weighted by atomic mass is 79.9. The van der Waals surface area contributed by atoms with Crippen molar-refractivity contribution >= 4 is 44.1 Å². The lowest BCUT2D eigenvalue weighted by molar-refractivity contribution is 0.0601. The van der Waals surface area contributed by atoms with Crippen LogP contribution in [-0.4, -0.2) is 26.1 Å². The molecule has 0 fully saturated rings. The molecule has 0 saturated carbocycles. The number of fused-ring (bicyclic) bond motifs is 1. The van der Waals surface area contributed by atoms with Crippen molar-refractivity contribution in [2.24, 2.45) is 0 Å². The van der Waals surface area contributed by atoms with Crippen LogP contribution in [0, 0.1) is 0 Å². The summed E-state index contributed by atoms with van der Waals surface area (Å²) in [5.41, 5.74) is 1.89. The van der Waals surface area contributed by atoms with Crippen molar-refractivity contribution in [2.75, 3.05) is 19.5 Å². The summed E-state index contributed by atoms with van der Waals surface area (Å²) in [5, 5.41) is 3.39. The molecule has 1 amide bonds. The summed E-state index contributed by atoms with van der Waals surface area (Å²) in [6, 6.07) is 5.21. The van der Waals surface area contributed by atoms with E-state index in [1.165, 1.54) is 25.6 Å². The average molecular weight is 410 g/mol. The second-order valence-corrected chi connectivity index (χ2v) is 7.37. The normalized spacial score (nSPS) is 12.6. The van der Waals surface area contributed by atoms with Gasteiger partial charge in [-0.3, -0.25) is 4.79 Å². The van der Waals surface area contributed by atoms with Gasteiger partial charge in [0.15, 0.2) is 0 Å². The Morgan fingerprint density at radius 2 is 2.04 bits per heavy atom. The summed E-state index contributed by atoms with van der Waals surface area (Å²) >= 11 is 4.80. The minimum atomic E-state index is -0.411. The summed E-state index contributed by atoms with van der Waals surface area (Å²) < 4.78 is 10.9. The lowest BCUT2D eigenvalue weighted by Gasteiger charge is -2.10. The molecule has 126 valence electrons. The SMILES string of the molecule is COC(=O)c1c(NC(=O)c2cc(Br)ccc2OC)sc2c1CCC2. The number of rotatable bonds is 4. The predicted octanol–water partition coefficient (Wildman–Crippen LogP) is 4.05. The van der Waals surface area contributed by atoms with Crippen LogP contribution in [-0.2, 0) is 17.6 Å². The minimum Gasteiger partial charge on any atom is -0.496 e. The number of carbonyl (C=O) groups is 2. The molecular formula is C17H16BrNO4S. The Morgan fingerprint density at radius 1 is 1.25 bits per heavy atom. The summed E-state index contributed by atoms with van der Waals surface area (Å²) in [5.74, 6) is -0.261. The van der Waals surface area contributed by atoms with Crippen LogP contribution >= 0.6 is 27.3 Å². The number of methoxy groups -OCH3 is 2. The zero-order chi connectivity index (χ0) is 17.3. The quantitative estimate of drug-likeness (QED) is 0.773. The Bertz CT molecular complexity index is 815. The molecule has 5 nitrogen and oxygen atoms in total. The first-order chi connectivity index (χ1) is 11.5. The van der Waals surface area contributed by atoms with Gasteiger partial charge in [-0.2, -0.15) is 0 Å². The largest absolute Gasteiger partial charge is 0.496 e. The molecule has 0 unspecified atom stereocenters. The Labute approximate surface area is 152 Å². The van der Waals surface area contributed by atoms with Gasteiger partial charge in [0.25, 0.3) is 5.91 Å². The number of anilines is 1. The number of hydrogen-bond donors (Lipinski definition) is 1. The molecule has 1 aliphatic carbocycles. The zero-order valence-electron chi connectivity index (χ0n) is 13.3. The zero-order valence-corrected chi connectivity index (χ0v) is 15.7. The van der Waals surface area contributed by atoms with Crippen LogP contribution in [0.3, 0.4) is 0 Å². The van der Waals surface area contributed by atoms with E-state index in [1.807, 2.05) is 0 Å². The molecule has 1 aromatic heterocycles. The van der Waals surface area contributed by atoms with Gasteiger partial charge in [0.2, 0.25) is 0 Å². The highest BCUT2D eigenvalue weighted by Crippen LogP contribution is 2.40. The van der Waals surface area contributed by atoms with Crippen molar-refractivity contribution in [3.05, 3.63) is 44.2 Å². The molecule has 0 atom stereocenters. The van der Waals surface area contributed by atoms with Crippen molar-refractivity contribution in [3.8, 4) is 5.75 Å². The summed E-state index contributed by atoms with van der Waals surface area (Å²) in [7, 11) is 2.86. The van der Waals surface area contributed by atoms with Gasteiger partial charge in [-0.1, -0.05) is 15.9 Å². The van der Waals surface area contributed by atoms with Crippen molar-refractivity contribution in [1.29, 1.82) is 0 Å². The lowest BCUT2D eigenvalue weighted by atomic mass is 10.1. The molecule has 7 heteroatoms. The van der Waals surface area contributed by atoms with Gasteiger partial charge < -0.3 is 14.8 Å². The van der Waals surface area contributed by atoms with E-state index in [0.29, 0.717) is 21.9 Å². The molecule has 3 rings (SSSR count). The summed E-state index contributed by atoms with van der Waals surface area (Å²) in [6.45, 7) is 0. The molecule has 0 radical (unpaired) electrons. The van der Waals surface area contributed by atoms with E-state index in [1.54, 1.807) is 18.2 Å². The van der Waals surface area contributed by atoms with Gasteiger partial charge in [-0.05, 0) is 43.0 Å². The van der Waals surface area contributed by atoms with Crippen molar-refractivity contribution in [2.45, 2.75) is 19.3 Å². The van der Waals surface area contributed by atoms with E-state index in [-0.39, 0.29) is 5.91 Å². The molecule has 0 saturated heterocycles. The monoisotopic (exact) mass is 409 g/mol. The fourth-order valence-electron chi connectivity index (χ4n) is 2.84. The van der Waals surface area contributed by atoms with E-state index in [0.717, 1.165) is 34.2 Å². The number of aryl methyl sites for hydroxylation is 1. The van der Waals surface area contributed by atoms with Crippen molar-refractivity contribution in [3.63, 3.8) is 0 Å². The van der Waals surface area contributed by atoms with Gasteiger partial charge in [0.1, 0.15) is 10.8 Å². The van der Waals surface area contributed by atoms with E-state index in [4.69, 9.17) is 9.47 Å². The number of halogens is 1. The van der Waals surface area contributed by atoms with Crippen molar-refractivity contribution < 1.29 is 19.1 Å². The van der Waals surface area contributed by atoms with Crippen LogP contribution in [0.25, 0.3) is 0 Å². The molecule has 0 aliphatic heterocycles.